The van der Waals surface area contributed by atoms with Gasteiger partial charge in [-0.15, -0.1) is 0 Å². The van der Waals surface area contributed by atoms with Crippen molar-refractivity contribution in [2.24, 2.45) is 0 Å². The third kappa shape index (κ3) is 3.92. The number of esters is 1. The minimum Gasteiger partial charge on any atom is -0.489 e. The lowest BCUT2D eigenvalue weighted by atomic mass is 10.0. The molecule has 2 atom stereocenters. The third-order valence-electron chi connectivity index (χ3n) is 4.43. The van der Waals surface area contributed by atoms with Crippen LogP contribution in [0, 0.1) is 0 Å². The van der Waals surface area contributed by atoms with Crippen molar-refractivity contribution >= 4 is 11.8 Å². The molecule has 26 heavy (non-hydrogen) atoms. The van der Waals surface area contributed by atoms with Crippen molar-refractivity contribution in [3.05, 3.63) is 65.2 Å². The Morgan fingerprint density at radius 2 is 1.88 bits per heavy atom. The number of nitrogens with one attached hydrogen (secondary N) is 1. The van der Waals surface area contributed by atoms with E-state index in [1.165, 1.54) is 7.11 Å². The lowest BCUT2D eigenvalue weighted by Crippen LogP contribution is -2.38. The maximum atomic E-state index is 12.4. The third-order valence-corrected chi connectivity index (χ3v) is 4.43. The molecule has 0 saturated carbocycles. The molecule has 0 aromatic heterocycles. The van der Waals surface area contributed by atoms with E-state index in [9.17, 15) is 14.7 Å². The molecule has 0 aliphatic carbocycles. The minimum atomic E-state index is -0.645. The van der Waals surface area contributed by atoms with E-state index in [0.29, 0.717) is 29.8 Å². The summed E-state index contributed by atoms with van der Waals surface area (Å²) in [6, 6.07) is 13.3. The number of rotatable bonds is 6. The minimum absolute atomic E-state index is 0.127. The van der Waals surface area contributed by atoms with Gasteiger partial charge in [-0.2, -0.15) is 0 Å². The van der Waals surface area contributed by atoms with Crippen LogP contribution in [-0.2, 0) is 11.3 Å². The van der Waals surface area contributed by atoms with E-state index in [-0.39, 0.29) is 12.4 Å². The molecular weight excluding hydrogens is 334 g/mol. The molecule has 6 nitrogen and oxygen atoms in total. The zero-order valence-corrected chi connectivity index (χ0v) is 14.5. The summed E-state index contributed by atoms with van der Waals surface area (Å²) in [6.07, 6.45) is -0.0646. The van der Waals surface area contributed by atoms with Crippen LogP contribution in [0.25, 0.3) is 0 Å². The lowest BCUT2D eigenvalue weighted by Gasteiger charge is -2.14. The summed E-state index contributed by atoms with van der Waals surface area (Å²) in [5.41, 5.74) is 1.70. The fourth-order valence-corrected chi connectivity index (χ4v) is 2.97. The van der Waals surface area contributed by atoms with Gasteiger partial charge in [0.1, 0.15) is 12.4 Å². The first-order valence-corrected chi connectivity index (χ1v) is 8.45. The Kier molecular flexibility index (Phi) is 5.65. The second-order valence-electron chi connectivity index (χ2n) is 6.11. The van der Waals surface area contributed by atoms with Crippen LogP contribution >= 0.6 is 0 Å². The van der Waals surface area contributed by atoms with E-state index in [0.717, 1.165) is 5.56 Å². The molecular formula is C20H21NO5. The van der Waals surface area contributed by atoms with E-state index in [4.69, 9.17) is 9.47 Å². The molecule has 1 fully saturated rings. The van der Waals surface area contributed by atoms with Gasteiger partial charge in [0.25, 0.3) is 0 Å². The van der Waals surface area contributed by atoms with Crippen molar-refractivity contribution in [2.45, 2.75) is 25.2 Å². The molecule has 0 radical (unpaired) electrons. The van der Waals surface area contributed by atoms with Gasteiger partial charge in [-0.1, -0.05) is 18.2 Å². The Balaban J connectivity index is 1.65. The molecule has 1 aliphatic rings. The Bertz CT molecular complexity index is 787. The van der Waals surface area contributed by atoms with Gasteiger partial charge in [-0.05, 0) is 43.3 Å². The summed E-state index contributed by atoms with van der Waals surface area (Å²) in [5, 5.41) is 12.8. The quantitative estimate of drug-likeness (QED) is 0.609. The summed E-state index contributed by atoms with van der Waals surface area (Å²) in [5.74, 6) is 0.0477. The SMILES string of the molecule is COC(=O)c1ccccc1COc1ccc(C(=O)[C@H]2NCCC2O)cc1. The van der Waals surface area contributed by atoms with E-state index in [2.05, 4.69) is 5.32 Å². The van der Waals surface area contributed by atoms with Crippen molar-refractivity contribution in [1.82, 2.24) is 5.32 Å². The molecule has 2 aromatic carbocycles. The highest BCUT2D eigenvalue weighted by Gasteiger charge is 2.31. The van der Waals surface area contributed by atoms with Crippen molar-refractivity contribution in [1.29, 1.82) is 0 Å². The number of carbonyl (C=O) groups excluding carboxylic acids is 2. The summed E-state index contributed by atoms with van der Waals surface area (Å²) in [6.45, 7) is 0.847. The summed E-state index contributed by atoms with van der Waals surface area (Å²) < 4.78 is 10.5. The summed E-state index contributed by atoms with van der Waals surface area (Å²) in [7, 11) is 1.34. The second kappa shape index (κ2) is 8.12. The van der Waals surface area contributed by atoms with Crippen LogP contribution in [0.2, 0.25) is 0 Å². The van der Waals surface area contributed by atoms with Crippen LogP contribution in [0.4, 0.5) is 0 Å². The highest BCUT2D eigenvalue weighted by Crippen LogP contribution is 2.19. The largest absolute Gasteiger partial charge is 0.489 e. The molecule has 0 amide bonds. The van der Waals surface area contributed by atoms with Gasteiger partial charge in [0, 0.05) is 11.1 Å². The van der Waals surface area contributed by atoms with E-state index < -0.39 is 18.1 Å². The van der Waals surface area contributed by atoms with Crippen LogP contribution < -0.4 is 10.1 Å². The number of aliphatic hydroxyl groups is 1. The predicted molar refractivity (Wildman–Crippen MR) is 95.3 cm³/mol. The molecule has 136 valence electrons. The molecule has 0 spiro atoms. The van der Waals surface area contributed by atoms with Gasteiger partial charge in [-0.25, -0.2) is 4.79 Å². The molecule has 6 heteroatoms. The molecule has 2 N–H and O–H groups in total. The van der Waals surface area contributed by atoms with Gasteiger partial charge in [0.2, 0.25) is 0 Å². The van der Waals surface area contributed by atoms with E-state index in [1.54, 1.807) is 42.5 Å². The smallest absolute Gasteiger partial charge is 0.338 e. The lowest BCUT2D eigenvalue weighted by molar-refractivity contribution is 0.0597. The standard InChI is InChI=1S/C20H21NO5/c1-25-20(24)16-5-3-2-4-14(16)12-26-15-8-6-13(7-9-15)19(23)18-17(22)10-11-21-18/h2-9,17-18,21-22H,10-12H2,1H3/t17?,18-/m0/s1. The highest BCUT2D eigenvalue weighted by atomic mass is 16.5. The van der Waals surface area contributed by atoms with E-state index in [1.807, 2.05) is 6.07 Å². The number of hydrogen-bond acceptors (Lipinski definition) is 6. The molecule has 1 aliphatic heterocycles. The van der Waals surface area contributed by atoms with Crippen molar-refractivity contribution < 1.29 is 24.2 Å². The zero-order chi connectivity index (χ0) is 18.5. The maximum Gasteiger partial charge on any atom is 0.338 e. The van der Waals surface area contributed by atoms with Gasteiger partial charge >= 0.3 is 5.97 Å². The number of ketones is 1. The van der Waals surface area contributed by atoms with Crippen molar-refractivity contribution in [3.63, 3.8) is 0 Å². The summed E-state index contributed by atoms with van der Waals surface area (Å²) in [4.78, 5) is 24.2. The van der Waals surface area contributed by atoms with Gasteiger partial charge in [-0.3, -0.25) is 4.79 Å². The monoisotopic (exact) mass is 355 g/mol. The topological polar surface area (TPSA) is 84.9 Å². The Morgan fingerprint density at radius 1 is 1.15 bits per heavy atom. The van der Waals surface area contributed by atoms with Gasteiger partial charge in [0.05, 0.1) is 24.8 Å². The number of carbonyl (C=O) groups is 2. The predicted octanol–water partition coefficient (Wildman–Crippen LogP) is 1.96. The number of Topliss-reactive ketones (excluding diaryl/α,β-unsaturated/α-hetero) is 1. The van der Waals surface area contributed by atoms with Crippen molar-refractivity contribution in [3.8, 4) is 5.75 Å². The average molecular weight is 355 g/mol. The van der Waals surface area contributed by atoms with Crippen molar-refractivity contribution in [2.75, 3.05) is 13.7 Å². The second-order valence-corrected chi connectivity index (χ2v) is 6.11. The van der Waals surface area contributed by atoms with Crippen LogP contribution in [-0.4, -0.2) is 42.7 Å². The molecule has 3 rings (SSSR count). The zero-order valence-electron chi connectivity index (χ0n) is 14.5. The first-order chi connectivity index (χ1) is 12.6. The van der Waals surface area contributed by atoms with Crippen LogP contribution in [0.5, 0.6) is 5.75 Å². The number of aliphatic hydroxyl groups excluding tert-OH is 1. The van der Waals surface area contributed by atoms with Crippen LogP contribution in [0.15, 0.2) is 48.5 Å². The summed E-state index contributed by atoms with van der Waals surface area (Å²) >= 11 is 0. The molecule has 1 unspecified atom stereocenters. The molecule has 1 heterocycles. The molecule has 1 saturated heterocycles. The number of benzene rings is 2. The first-order valence-electron chi connectivity index (χ1n) is 8.45. The first kappa shape index (κ1) is 18.1. The number of hydrogen-bond donors (Lipinski definition) is 2. The maximum absolute atomic E-state index is 12.4. The van der Waals surface area contributed by atoms with Crippen LogP contribution in [0.3, 0.4) is 0 Å². The van der Waals surface area contributed by atoms with Crippen LogP contribution in [0.1, 0.15) is 32.7 Å². The normalized spacial score (nSPS) is 19.2. The number of ether oxygens (including phenoxy) is 2. The number of methoxy groups -OCH3 is 1. The fourth-order valence-electron chi connectivity index (χ4n) is 2.97. The highest BCUT2D eigenvalue weighted by molar-refractivity contribution is 6.00. The molecule has 0 bridgehead atoms. The average Bonchev–Trinajstić information content (AvgIpc) is 3.11. The Hall–Kier alpha value is -2.70. The van der Waals surface area contributed by atoms with E-state index >= 15 is 0 Å². The Morgan fingerprint density at radius 3 is 2.54 bits per heavy atom. The van der Waals surface area contributed by atoms with Gasteiger partial charge in [0.15, 0.2) is 5.78 Å². The fraction of sp³-hybridized carbons (Fsp3) is 0.300. The van der Waals surface area contributed by atoms with Gasteiger partial charge < -0.3 is 19.9 Å². The Labute approximate surface area is 151 Å². The molecule has 2 aromatic rings.